The fourth-order valence-electron chi connectivity index (χ4n) is 5.34. The van der Waals surface area contributed by atoms with E-state index >= 15 is 0 Å². The first-order valence-electron chi connectivity index (χ1n) is 15.8. The van der Waals surface area contributed by atoms with Crippen LogP contribution in [0.15, 0.2) is 71.7 Å². The maximum Gasteiger partial charge on any atom is 0.500 e. The molecule has 0 atom stereocenters. The van der Waals surface area contributed by atoms with E-state index < -0.39 is 8.80 Å². The van der Waals surface area contributed by atoms with Gasteiger partial charge in [0.2, 0.25) is 6.08 Å². The number of anilines is 1. The van der Waals surface area contributed by atoms with E-state index in [1.165, 1.54) is 6.08 Å². The molecule has 4 N–H and O–H groups in total. The molecule has 2 aliphatic rings. The van der Waals surface area contributed by atoms with Crippen LogP contribution in [0.25, 0.3) is 57.5 Å². The summed E-state index contributed by atoms with van der Waals surface area (Å²) in [5.74, 6) is 0. The molecule has 0 unspecified atom stereocenters. The number of aromatic nitrogens is 4. The molecule has 0 amide bonds. The second kappa shape index (κ2) is 16.1. The molecule has 0 saturated heterocycles. The molecule has 2 aliphatic heterocycles. The monoisotopic (exact) mass is 648 g/mol. The summed E-state index contributed by atoms with van der Waals surface area (Å²) in [6, 6.07) is 23.1. The molecule has 10 nitrogen and oxygen atoms in total. The van der Waals surface area contributed by atoms with Crippen molar-refractivity contribution in [3.63, 3.8) is 0 Å². The Morgan fingerprint density at radius 1 is 0.723 bits per heavy atom. The summed E-state index contributed by atoms with van der Waals surface area (Å²) < 4.78 is 16.9. The lowest BCUT2D eigenvalue weighted by Crippen LogP contribution is -2.46. The number of H-pyrrole nitrogens is 2. The molecule has 11 heteroatoms. The average molecular weight is 649 g/mol. The van der Waals surface area contributed by atoms with E-state index in [-0.39, 0.29) is 0 Å². The van der Waals surface area contributed by atoms with Gasteiger partial charge in [-0.05, 0) is 112 Å². The van der Waals surface area contributed by atoms with Crippen molar-refractivity contribution >= 4 is 66.9 Å². The fraction of sp³-hybridized carbons (Fsp3) is 0.250. The standard InChI is InChI=1S/C26H19N5.C10H21NO4Si/c27-17-3-1-16(2-4-17)25-14-24-13-22-8-7-20(29-22)11-18-5-6-19(28-18)12-21-9-10-23(30-21)15-26(25)31-24;1-4-13-16(14-5-2,15-6-3)9-7-8-11-10-12/h1-15,28,31H,27H2;4-9H2,1-3H3. The summed E-state index contributed by atoms with van der Waals surface area (Å²) in [7, 11) is -2.54. The van der Waals surface area contributed by atoms with Gasteiger partial charge in [0.05, 0.1) is 29.3 Å². The highest BCUT2D eigenvalue weighted by Crippen LogP contribution is 2.28. The van der Waals surface area contributed by atoms with Crippen LogP contribution in [0.5, 0.6) is 0 Å². The Labute approximate surface area is 275 Å². The number of carbonyl (C=O) groups excluding carboxylic acids is 1. The van der Waals surface area contributed by atoms with Crippen LogP contribution in [0.1, 0.15) is 50.0 Å². The van der Waals surface area contributed by atoms with Gasteiger partial charge in [-0.1, -0.05) is 12.1 Å². The Bertz CT molecular complexity index is 1920. The minimum atomic E-state index is -2.54. The molecule has 0 aliphatic carbocycles. The summed E-state index contributed by atoms with van der Waals surface area (Å²) in [6.07, 6.45) is 10.3. The number of nitrogens with one attached hydrogen (secondary N) is 2. The smallest absolute Gasteiger partial charge is 0.399 e. The minimum Gasteiger partial charge on any atom is -0.399 e. The van der Waals surface area contributed by atoms with E-state index in [0.717, 1.165) is 68.1 Å². The highest BCUT2D eigenvalue weighted by molar-refractivity contribution is 6.60. The van der Waals surface area contributed by atoms with Gasteiger partial charge in [0, 0.05) is 59.2 Å². The van der Waals surface area contributed by atoms with Crippen molar-refractivity contribution in [2.24, 2.45) is 4.99 Å². The normalized spacial score (nSPS) is 12.0. The third-order valence-corrected chi connectivity index (χ3v) is 10.5. The van der Waals surface area contributed by atoms with Gasteiger partial charge in [-0.3, -0.25) is 0 Å². The third kappa shape index (κ3) is 9.10. The topological polar surface area (TPSA) is 140 Å². The SMILES string of the molecule is CCO[Si](CCCN=C=O)(OCC)OCC.Nc1ccc(-c2cc3cc4nc(cc5ccc(cc6nc(cc2[nH]3)C=C6)[nH]5)C=C4)cc1. The van der Waals surface area contributed by atoms with E-state index in [1.807, 2.05) is 93.6 Å². The molecular formula is C36H40N6O4Si. The molecule has 0 spiro atoms. The van der Waals surface area contributed by atoms with Crippen molar-refractivity contribution in [2.75, 3.05) is 32.1 Å². The number of aromatic amines is 2. The Kier molecular flexibility index (Phi) is 11.4. The molecule has 47 heavy (non-hydrogen) atoms. The molecule has 5 heterocycles. The van der Waals surface area contributed by atoms with Crippen LogP contribution < -0.4 is 5.73 Å². The number of nitrogens with zero attached hydrogens (tertiary/aromatic N) is 3. The first-order chi connectivity index (χ1) is 22.9. The van der Waals surface area contributed by atoms with Crippen molar-refractivity contribution in [3.8, 4) is 11.1 Å². The van der Waals surface area contributed by atoms with Crippen LogP contribution in [0.3, 0.4) is 0 Å². The van der Waals surface area contributed by atoms with Gasteiger partial charge in [0.25, 0.3) is 0 Å². The van der Waals surface area contributed by atoms with Gasteiger partial charge in [-0.2, -0.15) is 0 Å². The maximum absolute atomic E-state index is 9.93. The van der Waals surface area contributed by atoms with Crippen molar-refractivity contribution in [1.82, 2.24) is 19.9 Å². The Hall–Kier alpha value is -4.90. The highest BCUT2D eigenvalue weighted by Gasteiger charge is 2.39. The predicted molar refractivity (Wildman–Crippen MR) is 192 cm³/mol. The summed E-state index contributed by atoms with van der Waals surface area (Å²) >= 11 is 0. The number of rotatable bonds is 11. The third-order valence-electron chi connectivity index (χ3n) is 7.30. The average Bonchev–Trinajstić information content (AvgIpc) is 3.87. The lowest BCUT2D eigenvalue weighted by molar-refractivity contribution is 0.0710. The van der Waals surface area contributed by atoms with Gasteiger partial charge >= 0.3 is 8.80 Å². The highest BCUT2D eigenvalue weighted by atomic mass is 28.4. The van der Waals surface area contributed by atoms with Crippen LogP contribution in [0.4, 0.5) is 5.69 Å². The number of benzene rings is 1. The number of nitrogens with two attached hydrogens (primary N) is 1. The summed E-state index contributed by atoms with van der Waals surface area (Å²) in [4.78, 5) is 29.9. The first-order valence-corrected chi connectivity index (χ1v) is 17.8. The molecule has 8 bridgehead atoms. The molecule has 0 saturated carbocycles. The lowest BCUT2D eigenvalue weighted by atomic mass is 10.1. The quantitative estimate of drug-likeness (QED) is 0.0431. The van der Waals surface area contributed by atoms with Crippen LogP contribution in [0.2, 0.25) is 6.04 Å². The summed E-state index contributed by atoms with van der Waals surface area (Å²) in [5, 5.41) is 0. The molecule has 0 radical (unpaired) electrons. The molecule has 6 rings (SSSR count). The molecule has 4 aromatic rings. The zero-order valence-electron chi connectivity index (χ0n) is 27.0. The van der Waals surface area contributed by atoms with E-state index in [1.54, 1.807) is 0 Å². The molecule has 242 valence electrons. The van der Waals surface area contributed by atoms with Gasteiger partial charge in [0.1, 0.15) is 0 Å². The van der Waals surface area contributed by atoms with E-state index in [2.05, 4.69) is 33.2 Å². The fourth-order valence-corrected chi connectivity index (χ4v) is 7.93. The Balaban J connectivity index is 0.000000232. The Morgan fingerprint density at radius 3 is 1.79 bits per heavy atom. The van der Waals surface area contributed by atoms with Gasteiger partial charge in [0.15, 0.2) is 0 Å². The molecule has 1 aromatic carbocycles. The van der Waals surface area contributed by atoms with Crippen molar-refractivity contribution in [3.05, 3.63) is 89.5 Å². The zero-order chi connectivity index (χ0) is 33.1. The summed E-state index contributed by atoms with van der Waals surface area (Å²) in [5.41, 5.74) is 16.4. The minimum absolute atomic E-state index is 0.450. The Morgan fingerprint density at radius 2 is 1.26 bits per heavy atom. The van der Waals surface area contributed by atoms with Gasteiger partial charge < -0.3 is 29.0 Å². The number of isocyanates is 1. The van der Waals surface area contributed by atoms with Crippen molar-refractivity contribution in [2.45, 2.75) is 33.2 Å². The van der Waals surface area contributed by atoms with Crippen LogP contribution in [-0.4, -0.2) is 61.2 Å². The summed E-state index contributed by atoms with van der Waals surface area (Å²) in [6.45, 7) is 7.93. The molecule has 0 fully saturated rings. The van der Waals surface area contributed by atoms with Crippen LogP contribution in [-0.2, 0) is 18.1 Å². The second-order valence-corrected chi connectivity index (χ2v) is 13.5. The van der Waals surface area contributed by atoms with E-state index in [0.29, 0.717) is 32.4 Å². The lowest BCUT2D eigenvalue weighted by Gasteiger charge is -2.28. The molecular weight excluding hydrogens is 609 g/mol. The predicted octanol–water partition coefficient (Wildman–Crippen LogP) is 7.67. The van der Waals surface area contributed by atoms with E-state index in [4.69, 9.17) is 29.0 Å². The first kappa shape index (κ1) is 33.5. The largest absolute Gasteiger partial charge is 0.500 e. The second-order valence-electron chi connectivity index (χ2n) is 10.8. The van der Waals surface area contributed by atoms with E-state index in [9.17, 15) is 4.79 Å². The van der Waals surface area contributed by atoms with Gasteiger partial charge in [-0.25, -0.2) is 19.8 Å². The van der Waals surface area contributed by atoms with Crippen LogP contribution in [0, 0.1) is 0 Å². The maximum atomic E-state index is 9.93. The van der Waals surface area contributed by atoms with Crippen LogP contribution >= 0.6 is 0 Å². The van der Waals surface area contributed by atoms with Crippen molar-refractivity contribution in [1.29, 1.82) is 0 Å². The number of nitrogen functional groups attached to an aromatic ring is 1. The number of fused-ring (bicyclic) bond motifs is 8. The number of hydrogen-bond donors (Lipinski definition) is 3. The van der Waals surface area contributed by atoms with Gasteiger partial charge in [-0.15, -0.1) is 0 Å². The van der Waals surface area contributed by atoms with Crippen molar-refractivity contribution < 1.29 is 18.1 Å². The zero-order valence-corrected chi connectivity index (χ0v) is 28.0. The molecule has 3 aromatic heterocycles. The number of aliphatic imine (C=N–C) groups is 1. The number of hydrogen-bond acceptors (Lipinski definition) is 8.